The predicted molar refractivity (Wildman–Crippen MR) is 109 cm³/mol. The number of fused-ring (bicyclic) bond motifs is 2. The third-order valence-electron chi connectivity index (χ3n) is 4.98. The highest BCUT2D eigenvalue weighted by molar-refractivity contribution is 6.01. The maximum absolute atomic E-state index is 12.3. The quantitative estimate of drug-likeness (QED) is 0.651. The van der Waals surface area contributed by atoms with Crippen molar-refractivity contribution in [3.63, 3.8) is 0 Å². The Balaban J connectivity index is 1.92. The fourth-order valence-corrected chi connectivity index (χ4v) is 3.76. The van der Waals surface area contributed by atoms with Crippen LogP contribution in [0.15, 0.2) is 24.3 Å². The molecule has 0 spiro atoms. The van der Waals surface area contributed by atoms with E-state index in [4.69, 9.17) is 9.97 Å². The van der Waals surface area contributed by atoms with Crippen LogP contribution in [0.3, 0.4) is 0 Å². The van der Waals surface area contributed by atoms with Crippen molar-refractivity contribution in [2.45, 2.75) is 39.3 Å². The number of anilines is 1. The van der Waals surface area contributed by atoms with E-state index in [0.29, 0.717) is 5.56 Å². The van der Waals surface area contributed by atoms with Crippen LogP contribution in [0.2, 0.25) is 0 Å². The van der Waals surface area contributed by atoms with Gasteiger partial charge < -0.3 is 20.3 Å². The van der Waals surface area contributed by atoms with Gasteiger partial charge in [-0.25, -0.2) is 9.97 Å². The summed E-state index contributed by atoms with van der Waals surface area (Å²) in [4.78, 5) is 21.9. The van der Waals surface area contributed by atoms with E-state index in [1.54, 1.807) is 0 Å². The molecule has 1 aliphatic rings. The molecule has 3 N–H and O–H groups in total. The molecule has 0 bridgehead atoms. The average Bonchev–Trinajstić information content (AvgIpc) is 3.12. The van der Waals surface area contributed by atoms with Gasteiger partial charge in [-0.05, 0) is 39.8 Å². The molecule has 1 aliphatic heterocycles. The van der Waals surface area contributed by atoms with Gasteiger partial charge in [0.2, 0.25) is 0 Å². The number of hydrogen-bond acceptors (Lipinski definition) is 5. The van der Waals surface area contributed by atoms with Gasteiger partial charge in [-0.3, -0.25) is 4.79 Å². The van der Waals surface area contributed by atoms with Crippen LogP contribution in [0.4, 0.5) is 5.82 Å². The van der Waals surface area contributed by atoms with E-state index in [-0.39, 0.29) is 24.1 Å². The van der Waals surface area contributed by atoms with Gasteiger partial charge in [0.15, 0.2) is 0 Å². The number of para-hydroxylation sites is 1. The summed E-state index contributed by atoms with van der Waals surface area (Å²) >= 11 is 0. The zero-order valence-electron chi connectivity index (χ0n) is 16.8. The summed E-state index contributed by atoms with van der Waals surface area (Å²) in [5, 5.41) is 15.8. The molecule has 0 saturated heterocycles. The minimum atomic E-state index is -0.386. The summed E-state index contributed by atoms with van der Waals surface area (Å²) in [6, 6.07) is 7.36. The molecule has 1 atom stereocenters. The highest BCUT2D eigenvalue weighted by Gasteiger charge is 2.33. The molecule has 0 unspecified atom stereocenters. The van der Waals surface area contributed by atoms with Crippen LogP contribution in [-0.4, -0.2) is 37.7 Å². The first kappa shape index (κ1) is 18.4. The molecule has 1 amide bonds. The molecule has 7 nitrogen and oxygen atoms in total. The van der Waals surface area contributed by atoms with Crippen LogP contribution in [-0.2, 0) is 7.05 Å². The first-order chi connectivity index (χ1) is 13.2. The third-order valence-corrected chi connectivity index (χ3v) is 4.98. The van der Waals surface area contributed by atoms with Crippen molar-refractivity contribution in [3.05, 3.63) is 41.2 Å². The maximum atomic E-state index is 12.3. The van der Waals surface area contributed by atoms with Gasteiger partial charge in [-0.1, -0.05) is 12.1 Å². The highest BCUT2D eigenvalue weighted by Crippen LogP contribution is 2.35. The molecule has 7 heteroatoms. The van der Waals surface area contributed by atoms with E-state index in [2.05, 4.69) is 31.4 Å². The number of aromatic nitrogens is 3. The number of amides is 1. The van der Waals surface area contributed by atoms with Crippen LogP contribution >= 0.6 is 0 Å². The highest BCUT2D eigenvalue weighted by atomic mass is 16.3. The number of aryl methyl sites for hydroxylation is 1. The summed E-state index contributed by atoms with van der Waals surface area (Å²) in [5.41, 5.74) is 5.47. The van der Waals surface area contributed by atoms with Crippen LogP contribution in [0.1, 0.15) is 48.6 Å². The summed E-state index contributed by atoms with van der Waals surface area (Å²) in [5.74, 6) is 0.591. The maximum Gasteiger partial charge on any atom is 0.253 e. The standard InChI is InChI=1S/C21H25N5O2/c1-11-19(25-21(2,3)4)24-17-12(7-6-8-14(17)22-11)16-9-13-18(26(16)5)15(10-27)23-20(13)28/h6-9,15,27H,10H2,1-5H3,(H,23,28)(H,24,25)/t15-/m0/s1. The first-order valence-corrected chi connectivity index (χ1v) is 9.37. The molecule has 0 fully saturated rings. The largest absolute Gasteiger partial charge is 0.394 e. The molecule has 146 valence electrons. The Morgan fingerprint density at radius 2 is 2.00 bits per heavy atom. The number of carbonyl (C=O) groups excluding carboxylic acids is 1. The predicted octanol–water partition coefficient (Wildman–Crippen LogP) is 2.93. The lowest BCUT2D eigenvalue weighted by molar-refractivity contribution is 0.0941. The Morgan fingerprint density at radius 1 is 1.25 bits per heavy atom. The average molecular weight is 379 g/mol. The monoisotopic (exact) mass is 379 g/mol. The lowest BCUT2D eigenvalue weighted by atomic mass is 10.1. The number of aliphatic hydroxyl groups is 1. The van der Waals surface area contributed by atoms with Crippen molar-refractivity contribution in [1.29, 1.82) is 0 Å². The molecule has 3 heterocycles. The van der Waals surface area contributed by atoms with Crippen LogP contribution in [0, 0.1) is 6.92 Å². The van der Waals surface area contributed by atoms with Gasteiger partial charge in [0.25, 0.3) is 5.91 Å². The van der Waals surface area contributed by atoms with Gasteiger partial charge in [0.1, 0.15) is 11.3 Å². The van der Waals surface area contributed by atoms with E-state index in [9.17, 15) is 9.90 Å². The second-order valence-corrected chi connectivity index (χ2v) is 8.30. The molecule has 1 aromatic carbocycles. The Hall–Kier alpha value is -2.93. The number of hydrogen-bond donors (Lipinski definition) is 3. The van der Waals surface area contributed by atoms with Gasteiger partial charge in [-0.15, -0.1) is 0 Å². The zero-order chi connectivity index (χ0) is 20.2. The van der Waals surface area contributed by atoms with Gasteiger partial charge in [-0.2, -0.15) is 0 Å². The van der Waals surface area contributed by atoms with Gasteiger partial charge in [0, 0.05) is 18.2 Å². The number of nitrogens with one attached hydrogen (secondary N) is 2. The molecular formula is C21H25N5O2. The molecular weight excluding hydrogens is 354 g/mol. The normalized spacial score (nSPS) is 16.4. The fraction of sp³-hybridized carbons (Fsp3) is 0.381. The first-order valence-electron chi connectivity index (χ1n) is 9.37. The topological polar surface area (TPSA) is 92.1 Å². The van der Waals surface area contributed by atoms with Crippen LogP contribution in [0.25, 0.3) is 22.3 Å². The Bertz CT molecular complexity index is 1090. The van der Waals surface area contributed by atoms with Crippen LogP contribution in [0.5, 0.6) is 0 Å². The van der Waals surface area contributed by atoms with Crippen LogP contribution < -0.4 is 10.6 Å². The minimum absolute atomic E-state index is 0.135. The molecule has 0 saturated carbocycles. The molecule has 0 aliphatic carbocycles. The van der Waals surface area contributed by atoms with Crippen molar-refractivity contribution in [1.82, 2.24) is 19.9 Å². The smallest absolute Gasteiger partial charge is 0.253 e. The summed E-state index contributed by atoms with van der Waals surface area (Å²) in [6.45, 7) is 8.06. The molecule has 2 aromatic heterocycles. The Labute approximate surface area is 163 Å². The van der Waals surface area contributed by atoms with Crippen molar-refractivity contribution in [3.8, 4) is 11.3 Å². The lowest BCUT2D eigenvalue weighted by Crippen LogP contribution is -2.27. The Kier molecular flexibility index (Phi) is 4.15. The van der Waals surface area contributed by atoms with E-state index in [1.807, 2.05) is 42.8 Å². The summed E-state index contributed by atoms with van der Waals surface area (Å²) < 4.78 is 1.96. The minimum Gasteiger partial charge on any atom is -0.394 e. The van der Waals surface area contributed by atoms with E-state index < -0.39 is 0 Å². The van der Waals surface area contributed by atoms with Crippen molar-refractivity contribution in [2.24, 2.45) is 7.05 Å². The fourth-order valence-electron chi connectivity index (χ4n) is 3.76. The van der Waals surface area contributed by atoms with Crippen molar-refractivity contribution in [2.75, 3.05) is 11.9 Å². The SMILES string of the molecule is Cc1nc2cccc(-c3cc4c(n3C)[C@H](CO)NC4=O)c2nc1NC(C)(C)C. The van der Waals surface area contributed by atoms with Crippen molar-refractivity contribution < 1.29 is 9.90 Å². The zero-order valence-corrected chi connectivity index (χ0v) is 16.8. The number of rotatable bonds is 3. The Morgan fingerprint density at radius 3 is 2.68 bits per heavy atom. The molecule has 3 aromatic rings. The summed E-state index contributed by atoms with van der Waals surface area (Å²) in [7, 11) is 1.91. The molecule has 4 rings (SSSR count). The summed E-state index contributed by atoms with van der Waals surface area (Å²) in [6.07, 6.45) is 0. The van der Waals surface area contributed by atoms with Gasteiger partial charge in [0.05, 0.1) is 40.8 Å². The number of carbonyl (C=O) groups is 1. The van der Waals surface area contributed by atoms with Crippen molar-refractivity contribution >= 4 is 22.8 Å². The van der Waals surface area contributed by atoms with E-state index in [0.717, 1.165) is 39.5 Å². The number of benzene rings is 1. The number of aliphatic hydroxyl groups excluding tert-OH is 1. The van der Waals surface area contributed by atoms with E-state index >= 15 is 0 Å². The lowest BCUT2D eigenvalue weighted by Gasteiger charge is -2.22. The van der Waals surface area contributed by atoms with Gasteiger partial charge >= 0.3 is 0 Å². The third kappa shape index (κ3) is 2.92. The number of nitrogens with zero attached hydrogens (tertiary/aromatic N) is 3. The molecule has 0 radical (unpaired) electrons. The molecule has 28 heavy (non-hydrogen) atoms. The second kappa shape index (κ2) is 6.31. The van der Waals surface area contributed by atoms with E-state index in [1.165, 1.54) is 0 Å². The second-order valence-electron chi connectivity index (χ2n) is 8.30.